The van der Waals surface area contributed by atoms with Crippen molar-refractivity contribution in [2.24, 2.45) is 12.8 Å². The molecular formula is C11H18N4O2. The molecule has 6 nitrogen and oxygen atoms in total. The molecule has 6 heteroatoms. The van der Waals surface area contributed by atoms with Gasteiger partial charge in [-0.15, -0.1) is 0 Å². The van der Waals surface area contributed by atoms with Crippen LogP contribution < -0.4 is 11.1 Å². The fourth-order valence-electron chi connectivity index (χ4n) is 2.05. The molecule has 2 rings (SSSR count). The standard InChI is InChI=1S/C11H18N4O2/c1-15-7-13-6-9(15)10(11(12)16)14-5-8-3-2-4-17-8/h6-8,10,14H,2-5H2,1H3,(H2,12,16). The minimum atomic E-state index is -0.508. The molecule has 0 bridgehead atoms. The van der Waals surface area contributed by atoms with E-state index in [1.54, 1.807) is 17.1 Å². The number of imidazole rings is 1. The maximum absolute atomic E-state index is 11.4. The molecule has 0 saturated carbocycles. The smallest absolute Gasteiger partial charge is 0.240 e. The lowest BCUT2D eigenvalue weighted by Crippen LogP contribution is -2.38. The van der Waals surface area contributed by atoms with Crippen LogP contribution in [0, 0.1) is 0 Å². The second-order valence-electron chi connectivity index (χ2n) is 4.31. The van der Waals surface area contributed by atoms with Gasteiger partial charge >= 0.3 is 0 Å². The van der Waals surface area contributed by atoms with E-state index >= 15 is 0 Å². The maximum Gasteiger partial charge on any atom is 0.240 e. The van der Waals surface area contributed by atoms with Crippen molar-refractivity contribution in [1.82, 2.24) is 14.9 Å². The summed E-state index contributed by atoms with van der Waals surface area (Å²) in [6.07, 6.45) is 5.60. The highest BCUT2D eigenvalue weighted by atomic mass is 16.5. The highest BCUT2D eigenvalue weighted by Crippen LogP contribution is 2.14. The van der Waals surface area contributed by atoms with Crippen LogP contribution in [-0.2, 0) is 16.6 Å². The molecule has 17 heavy (non-hydrogen) atoms. The fourth-order valence-corrected chi connectivity index (χ4v) is 2.05. The van der Waals surface area contributed by atoms with Crippen molar-refractivity contribution in [1.29, 1.82) is 0 Å². The molecule has 1 amide bonds. The second kappa shape index (κ2) is 5.29. The number of aromatic nitrogens is 2. The van der Waals surface area contributed by atoms with Gasteiger partial charge in [-0.2, -0.15) is 0 Å². The second-order valence-corrected chi connectivity index (χ2v) is 4.31. The number of aryl methyl sites for hydroxylation is 1. The van der Waals surface area contributed by atoms with Crippen molar-refractivity contribution in [3.05, 3.63) is 18.2 Å². The van der Waals surface area contributed by atoms with Crippen molar-refractivity contribution >= 4 is 5.91 Å². The SMILES string of the molecule is Cn1cncc1C(NCC1CCCO1)C(N)=O. The average Bonchev–Trinajstić information content (AvgIpc) is 2.91. The van der Waals surface area contributed by atoms with Gasteiger partial charge in [-0.1, -0.05) is 0 Å². The summed E-state index contributed by atoms with van der Waals surface area (Å²) >= 11 is 0. The Labute approximate surface area is 100 Å². The summed E-state index contributed by atoms with van der Waals surface area (Å²) in [6.45, 7) is 1.44. The third-order valence-electron chi connectivity index (χ3n) is 3.01. The van der Waals surface area contributed by atoms with E-state index in [-0.39, 0.29) is 6.10 Å². The molecule has 1 aromatic rings. The minimum absolute atomic E-state index is 0.185. The first-order chi connectivity index (χ1) is 8.18. The summed E-state index contributed by atoms with van der Waals surface area (Å²) < 4.78 is 7.28. The molecule has 2 atom stereocenters. The van der Waals surface area contributed by atoms with Crippen LogP contribution in [0.15, 0.2) is 12.5 Å². The van der Waals surface area contributed by atoms with Gasteiger partial charge in [-0.3, -0.25) is 10.1 Å². The first-order valence-corrected chi connectivity index (χ1v) is 5.79. The molecule has 94 valence electrons. The lowest BCUT2D eigenvalue weighted by molar-refractivity contribution is -0.120. The van der Waals surface area contributed by atoms with Crippen molar-refractivity contribution < 1.29 is 9.53 Å². The quantitative estimate of drug-likeness (QED) is 0.739. The van der Waals surface area contributed by atoms with Gasteiger partial charge in [0.05, 0.1) is 24.3 Å². The first-order valence-electron chi connectivity index (χ1n) is 5.79. The van der Waals surface area contributed by atoms with Gasteiger partial charge in [0.2, 0.25) is 5.91 Å². The number of nitrogens with two attached hydrogens (primary N) is 1. The molecule has 1 saturated heterocycles. The molecule has 0 aromatic carbocycles. The van der Waals surface area contributed by atoms with E-state index in [1.807, 2.05) is 7.05 Å². The zero-order chi connectivity index (χ0) is 12.3. The number of hydrogen-bond acceptors (Lipinski definition) is 4. The Morgan fingerprint density at radius 1 is 1.82 bits per heavy atom. The van der Waals surface area contributed by atoms with E-state index in [9.17, 15) is 4.79 Å². The van der Waals surface area contributed by atoms with Gasteiger partial charge in [0.15, 0.2) is 0 Å². The van der Waals surface area contributed by atoms with E-state index < -0.39 is 11.9 Å². The Morgan fingerprint density at radius 2 is 2.65 bits per heavy atom. The highest BCUT2D eigenvalue weighted by Gasteiger charge is 2.23. The zero-order valence-electron chi connectivity index (χ0n) is 9.93. The van der Waals surface area contributed by atoms with Gasteiger partial charge < -0.3 is 15.0 Å². The predicted octanol–water partition coefficient (Wildman–Crippen LogP) is -0.285. The van der Waals surface area contributed by atoms with Crippen LogP contribution in [0.2, 0.25) is 0 Å². The summed E-state index contributed by atoms with van der Waals surface area (Å²) in [5, 5.41) is 3.14. The highest BCUT2D eigenvalue weighted by molar-refractivity contribution is 5.80. The van der Waals surface area contributed by atoms with Crippen LogP contribution >= 0.6 is 0 Å². The third-order valence-corrected chi connectivity index (χ3v) is 3.01. The van der Waals surface area contributed by atoms with E-state index in [0.29, 0.717) is 6.54 Å². The lowest BCUT2D eigenvalue weighted by atomic mass is 10.2. The number of carbonyl (C=O) groups excluding carboxylic acids is 1. The molecule has 0 radical (unpaired) electrons. The number of ether oxygens (including phenoxy) is 1. The van der Waals surface area contributed by atoms with Gasteiger partial charge in [0, 0.05) is 20.2 Å². The zero-order valence-corrected chi connectivity index (χ0v) is 9.93. The van der Waals surface area contributed by atoms with Crippen molar-refractivity contribution in [2.45, 2.75) is 25.0 Å². The van der Waals surface area contributed by atoms with Gasteiger partial charge in [-0.25, -0.2) is 4.98 Å². The first kappa shape index (κ1) is 12.1. The van der Waals surface area contributed by atoms with Gasteiger partial charge in [-0.05, 0) is 12.8 Å². The third kappa shape index (κ3) is 2.83. The lowest BCUT2D eigenvalue weighted by Gasteiger charge is -2.18. The fraction of sp³-hybridized carbons (Fsp3) is 0.636. The summed E-state index contributed by atoms with van der Waals surface area (Å²) in [5.41, 5.74) is 6.17. The number of carbonyl (C=O) groups is 1. The molecule has 0 aliphatic carbocycles. The molecule has 1 aromatic heterocycles. The molecule has 2 heterocycles. The molecule has 0 spiro atoms. The van der Waals surface area contributed by atoms with Crippen molar-refractivity contribution in [2.75, 3.05) is 13.2 Å². The van der Waals surface area contributed by atoms with Crippen LogP contribution in [-0.4, -0.2) is 34.7 Å². The Balaban J connectivity index is 1.98. The summed E-state index contributed by atoms with van der Waals surface area (Å²) in [4.78, 5) is 15.4. The van der Waals surface area contributed by atoms with E-state index in [1.165, 1.54) is 0 Å². The van der Waals surface area contributed by atoms with Gasteiger partial charge in [0.1, 0.15) is 6.04 Å². The molecule has 1 aliphatic heterocycles. The largest absolute Gasteiger partial charge is 0.377 e. The van der Waals surface area contributed by atoms with Crippen LogP contribution in [0.5, 0.6) is 0 Å². The molecular weight excluding hydrogens is 220 g/mol. The normalized spacial score (nSPS) is 21.6. The summed E-state index contributed by atoms with van der Waals surface area (Å²) in [7, 11) is 1.84. The monoisotopic (exact) mass is 238 g/mol. The van der Waals surface area contributed by atoms with Crippen LogP contribution in [0.3, 0.4) is 0 Å². The number of hydrogen-bond donors (Lipinski definition) is 2. The Morgan fingerprint density at radius 3 is 3.18 bits per heavy atom. The topological polar surface area (TPSA) is 82.2 Å². The van der Waals surface area contributed by atoms with Crippen molar-refractivity contribution in [3.63, 3.8) is 0 Å². The molecule has 1 fully saturated rings. The number of rotatable bonds is 5. The average molecular weight is 238 g/mol. The van der Waals surface area contributed by atoms with Gasteiger partial charge in [0.25, 0.3) is 0 Å². The van der Waals surface area contributed by atoms with Crippen LogP contribution in [0.4, 0.5) is 0 Å². The summed E-state index contributed by atoms with van der Waals surface area (Å²) in [5.74, 6) is -0.397. The molecule has 3 N–H and O–H groups in total. The van der Waals surface area contributed by atoms with E-state index in [0.717, 1.165) is 25.1 Å². The van der Waals surface area contributed by atoms with Crippen LogP contribution in [0.25, 0.3) is 0 Å². The van der Waals surface area contributed by atoms with E-state index in [4.69, 9.17) is 10.5 Å². The minimum Gasteiger partial charge on any atom is -0.377 e. The Bertz CT molecular complexity index is 385. The number of nitrogens with zero attached hydrogens (tertiary/aromatic N) is 2. The number of amides is 1. The Kier molecular flexibility index (Phi) is 3.75. The number of nitrogens with one attached hydrogen (secondary N) is 1. The van der Waals surface area contributed by atoms with Crippen molar-refractivity contribution in [3.8, 4) is 0 Å². The molecule has 1 aliphatic rings. The number of primary amides is 1. The summed E-state index contributed by atoms with van der Waals surface area (Å²) in [6, 6.07) is -0.508. The maximum atomic E-state index is 11.4. The Hall–Kier alpha value is -1.40. The predicted molar refractivity (Wildman–Crippen MR) is 62.1 cm³/mol. The van der Waals surface area contributed by atoms with Crippen LogP contribution in [0.1, 0.15) is 24.6 Å². The van der Waals surface area contributed by atoms with E-state index in [2.05, 4.69) is 10.3 Å². The molecule has 2 unspecified atom stereocenters.